The van der Waals surface area contributed by atoms with Gasteiger partial charge in [-0.2, -0.15) is 0 Å². The Hall–Kier alpha value is -2.28. The van der Waals surface area contributed by atoms with Crippen molar-refractivity contribution in [1.29, 1.82) is 0 Å². The summed E-state index contributed by atoms with van der Waals surface area (Å²) in [5.74, 6) is 0.452. The van der Waals surface area contributed by atoms with Crippen molar-refractivity contribution in [3.8, 4) is 11.5 Å². The normalized spacial score (nSPS) is 9.70. The quantitative estimate of drug-likeness (QED) is 0.668. The number of benzene rings is 1. The first-order valence-corrected chi connectivity index (χ1v) is 6.12. The van der Waals surface area contributed by atoms with E-state index >= 15 is 0 Å². The predicted molar refractivity (Wildman–Crippen MR) is 71.3 cm³/mol. The first kappa shape index (κ1) is 15.8. The second kappa shape index (κ2) is 8.76. The molecule has 0 heterocycles. The van der Waals surface area contributed by atoms with Gasteiger partial charge in [-0.05, 0) is 31.2 Å². The predicted octanol–water partition coefficient (Wildman–Crippen LogP) is 0.258. The summed E-state index contributed by atoms with van der Waals surface area (Å²) in [6, 6.07) is 6.89. The smallest absolute Gasteiger partial charge is 0.281 e. The average molecular weight is 282 g/mol. The van der Waals surface area contributed by atoms with E-state index in [9.17, 15) is 9.59 Å². The molecule has 20 heavy (non-hydrogen) atoms. The van der Waals surface area contributed by atoms with Crippen molar-refractivity contribution in [1.82, 2.24) is 10.8 Å². The molecule has 0 atom stereocenters. The molecule has 2 amide bonds. The molecule has 1 rings (SSSR count). The van der Waals surface area contributed by atoms with E-state index in [1.54, 1.807) is 24.3 Å². The van der Waals surface area contributed by atoms with Crippen molar-refractivity contribution in [2.45, 2.75) is 6.92 Å². The van der Waals surface area contributed by atoms with Crippen molar-refractivity contribution in [3.05, 3.63) is 24.3 Å². The third kappa shape index (κ3) is 6.05. The molecule has 7 heteroatoms. The number of hydrogen-bond acceptors (Lipinski definition) is 5. The molecule has 0 aromatic heterocycles. The van der Waals surface area contributed by atoms with Crippen molar-refractivity contribution in [2.75, 3.05) is 26.9 Å². The Morgan fingerprint density at radius 1 is 1.00 bits per heavy atom. The summed E-state index contributed by atoms with van der Waals surface area (Å²) in [5.41, 5.74) is 2.10. The molecular formula is C13H18N2O5. The van der Waals surface area contributed by atoms with Gasteiger partial charge in [-0.3, -0.25) is 14.4 Å². The highest BCUT2D eigenvalue weighted by Crippen LogP contribution is 2.17. The van der Waals surface area contributed by atoms with Gasteiger partial charge in [0.1, 0.15) is 11.5 Å². The molecule has 7 nitrogen and oxygen atoms in total. The number of carbonyl (C=O) groups is 2. The van der Waals surface area contributed by atoms with Crippen LogP contribution in [0.15, 0.2) is 24.3 Å². The van der Waals surface area contributed by atoms with E-state index in [0.717, 1.165) is 5.75 Å². The molecular weight excluding hydrogens is 264 g/mol. The van der Waals surface area contributed by atoms with Gasteiger partial charge in [-0.1, -0.05) is 0 Å². The van der Waals surface area contributed by atoms with E-state index in [-0.39, 0.29) is 19.1 Å². The molecule has 110 valence electrons. The van der Waals surface area contributed by atoms with Crippen molar-refractivity contribution < 1.29 is 23.9 Å². The summed E-state index contributed by atoms with van der Waals surface area (Å²) < 4.78 is 10.5. The van der Waals surface area contributed by atoms with Crippen LogP contribution < -0.4 is 20.3 Å². The van der Waals surface area contributed by atoms with Gasteiger partial charge in [0.05, 0.1) is 6.61 Å². The van der Waals surface area contributed by atoms with Crippen LogP contribution in [0.2, 0.25) is 0 Å². The van der Waals surface area contributed by atoms with E-state index in [4.69, 9.17) is 9.47 Å². The minimum atomic E-state index is -0.484. The monoisotopic (exact) mass is 282 g/mol. The number of rotatable bonds is 8. The van der Waals surface area contributed by atoms with Crippen molar-refractivity contribution >= 4 is 11.8 Å². The fourth-order valence-electron chi connectivity index (χ4n) is 1.23. The first-order chi connectivity index (χ1) is 9.65. The first-order valence-electron chi connectivity index (χ1n) is 6.12. The molecule has 0 aliphatic carbocycles. The van der Waals surface area contributed by atoms with Gasteiger partial charge < -0.3 is 14.8 Å². The third-order valence-corrected chi connectivity index (χ3v) is 2.17. The van der Waals surface area contributed by atoms with Gasteiger partial charge in [-0.15, -0.1) is 0 Å². The molecule has 0 saturated heterocycles. The average Bonchev–Trinajstić information content (AvgIpc) is 2.46. The van der Waals surface area contributed by atoms with Gasteiger partial charge >= 0.3 is 0 Å². The van der Waals surface area contributed by atoms with Crippen LogP contribution in [0.1, 0.15) is 6.92 Å². The summed E-state index contributed by atoms with van der Waals surface area (Å²) in [6.45, 7) is 2.03. The molecule has 0 aliphatic heterocycles. The second-order valence-electron chi connectivity index (χ2n) is 3.68. The summed E-state index contributed by atoms with van der Waals surface area (Å²) in [4.78, 5) is 26.8. The van der Waals surface area contributed by atoms with Crippen LogP contribution in [0, 0.1) is 0 Å². The van der Waals surface area contributed by atoms with E-state index < -0.39 is 5.91 Å². The molecule has 0 fully saturated rings. The minimum absolute atomic E-state index is 0.207. The SMILES string of the molecule is CCOc1ccc(OCC(=O)NOCC(=O)NC)cc1. The summed E-state index contributed by atoms with van der Waals surface area (Å²) >= 11 is 0. The Kier molecular flexibility index (Phi) is 6.91. The van der Waals surface area contributed by atoms with Gasteiger partial charge in [0, 0.05) is 7.05 Å². The van der Waals surface area contributed by atoms with Crippen molar-refractivity contribution in [3.63, 3.8) is 0 Å². The second-order valence-corrected chi connectivity index (χ2v) is 3.68. The van der Waals surface area contributed by atoms with E-state index in [1.807, 2.05) is 6.92 Å². The molecule has 0 spiro atoms. The highest BCUT2D eigenvalue weighted by Gasteiger charge is 2.04. The van der Waals surface area contributed by atoms with Gasteiger partial charge in [0.25, 0.3) is 5.91 Å². The molecule has 0 saturated carbocycles. The Labute approximate surface area is 117 Å². The molecule has 0 aliphatic rings. The molecule has 0 unspecified atom stereocenters. The minimum Gasteiger partial charge on any atom is -0.494 e. The summed E-state index contributed by atoms with van der Waals surface area (Å²) in [6.07, 6.45) is 0. The number of amides is 2. The van der Waals surface area contributed by atoms with Crippen molar-refractivity contribution in [2.24, 2.45) is 0 Å². The van der Waals surface area contributed by atoms with Crippen LogP contribution in [0.25, 0.3) is 0 Å². The molecule has 0 radical (unpaired) electrons. The van der Waals surface area contributed by atoms with E-state index in [2.05, 4.69) is 15.6 Å². The Morgan fingerprint density at radius 3 is 2.15 bits per heavy atom. The van der Waals surface area contributed by atoms with E-state index in [0.29, 0.717) is 12.4 Å². The highest BCUT2D eigenvalue weighted by atomic mass is 16.7. The zero-order valence-corrected chi connectivity index (χ0v) is 11.5. The molecule has 1 aromatic carbocycles. The number of likely N-dealkylation sites (N-methyl/N-ethyl adjacent to an activating group) is 1. The fraction of sp³-hybridized carbons (Fsp3) is 0.385. The lowest BCUT2D eigenvalue weighted by Gasteiger charge is -2.08. The van der Waals surface area contributed by atoms with Crippen LogP contribution in [0.4, 0.5) is 0 Å². The largest absolute Gasteiger partial charge is 0.494 e. The third-order valence-electron chi connectivity index (χ3n) is 2.17. The molecule has 1 aromatic rings. The lowest BCUT2D eigenvalue weighted by atomic mass is 10.3. The topological polar surface area (TPSA) is 85.9 Å². The van der Waals surface area contributed by atoms with Crippen LogP contribution in [0.5, 0.6) is 11.5 Å². The lowest BCUT2D eigenvalue weighted by molar-refractivity contribution is -0.140. The lowest BCUT2D eigenvalue weighted by Crippen LogP contribution is -2.33. The molecule has 2 N–H and O–H groups in total. The maximum Gasteiger partial charge on any atom is 0.281 e. The van der Waals surface area contributed by atoms with Crippen LogP contribution in [-0.2, 0) is 14.4 Å². The number of carbonyl (C=O) groups excluding carboxylic acids is 2. The maximum absolute atomic E-state index is 11.3. The Balaban J connectivity index is 2.24. The van der Waals surface area contributed by atoms with Gasteiger partial charge in [0.15, 0.2) is 13.2 Å². The number of hydrogen-bond donors (Lipinski definition) is 2. The zero-order chi connectivity index (χ0) is 14.8. The van der Waals surface area contributed by atoms with Gasteiger partial charge in [0.2, 0.25) is 5.91 Å². The summed E-state index contributed by atoms with van der Waals surface area (Å²) in [5, 5.41) is 2.35. The Bertz CT molecular complexity index is 433. The highest BCUT2D eigenvalue weighted by molar-refractivity contribution is 5.78. The molecule has 0 bridgehead atoms. The zero-order valence-electron chi connectivity index (χ0n) is 11.5. The number of hydroxylamine groups is 1. The van der Waals surface area contributed by atoms with Crippen LogP contribution in [0.3, 0.4) is 0 Å². The van der Waals surface area contributed by atoms with Crippen LogP contribution in [-0.4, -0.2) is 38.7 Å². The van der Waals surface area contributed by atoms with E-state index in [1.165, 1.54) is 7.05 Å². The fourth-order valence-corrected chi connectivity index (χ4v) is 1.23. The standard InChI is InChI=1S/C13H18N2O5/c1-3-18-10-4-6-11(7-5-10)19-8-13(17)15-20-9-12(16)14-2/h4-7H,3,8-9H2,1-2H3,(H,14,16)(H,15,17). The summed E-state index contributed by atoms with van der Waals surface area (Å²) in [7, 11) is 1.47. The van der Waals surface area contributed by atoms with Crippen LogP contribution >= 0.6 is 0 Å². The maximum atomic E-state index is 11.3. The number of nitrogens with one attached hydrogen (secondary N) is 2. The number of ether oxygens (including phenoxy) is 2. The Morgan fingerprint density at radius 2 is 1.60 bits per heavy atom. The van der Waals surface area contributed by atoms with Gasteiger partial charge in [-0.25, -0.2) is 5.48 Å².